The molecule has 1 aliphatic heterocycles. The Morgan fingerprint density at radius 2 is 1.76 bits per heavy atom. The van der Waals surface area contributed by atoms with Crippen molar-refractivity contribution in [3.8, 4) is 6.07 Å². The Morgan fingerprint density at radius 1 is 1.18 bits per heavy atom. The van der Waals surface area contributed by atoms with E-state index < -0.39 is 53.4 Å². The highest BCUT2D eigenvalue weighted by Gasteiger charge is 2.48. The number of carbonyl (C=O) groups is 2. The Bertz CT molecular complexity index is 1030. The normalized spacial score (nSPS) is 20.6. The van der Waals surface area contributed by atoms with Crippen molar-refractivity contribution in [3.05, 3.63) is 41.5 Å². The van der Waals surface area contributed by atoms with E-state index in [4.69, 9.17) is 4.74 Å². The van der Waals surface area contributed by atoms with E-state index in [9.17, 15) is 32.4 Å². The summed E-state index contributed by atoms with van der Waals surface area (Å²) < 4.78 is 61.6. The molecule has 1 aromatic carbocycles. The van der Waals surface area contributed by atoms with E-state index in [0.29, 0.717) is 18.4 Å². The molecule has 10 heteroatoms. The minimum Gasteiger partial charge on any atom is -0.452 e. The van der Waals surface area contributed by atoms with Crippen LogP contribution in [-0.2, 0) is 14.3 Å². The van der Waals surface area contributed by atoms with Crippen LogP contribution in [0.25, 0.3) is 5.57 Å². The van der Waals surface area contributed by atoms with E-state index >= 15 is 0 Å². The third-order valence-corrected chi connectivity index (χ3v) is 5.65. The summed E-state index contributed by atoms with van der Waals surface area (Å²) in [5.41, 5.74) is -3.44. The van der Waals surface area contributed by atoms with E-state index in [1.807, 2.05) is 6.07 Å². The molecule has 0 radical (unpaired) electrons. The third kappa shape index (κ3) is 6.14. The van der Waals surface area contributed by atoms with Gasteiger partial charge in [0.1, 0.15) is 22.9 Å². The van der Waals surface area contributed by atoms with Crippen molar-refractivity contribution >= 4 is 17.4 Å². The lowest BCUT2D eigenvalue weighted by Gasteiger charge is -2.30. The Labute approximate surface area is 195 Å². The van der Waals surface area contributed by atoms with Gasteiger partial charge in [0, 0.05) is 6.42 Å². The summed E-state index contributed by atoms with van der Waals surface area (Å²) in [6.07, 6.45) is -2.96. The summed E-state index contributed by atoms with van der Waals surface area (Å²) in [6.45, 7) is 5.70. The summed E-state index contributed by atoms with van der Waals surface area (Å²) in [4.78, 5) is 24.8. The minimum absolute atomic E-state index is 0.210. The summed E-state index contributed by atoms with van der Waals surface area (Å²) in [5, 5.41) is 13.9. The van der Waals surface area contributed by atoms with E-state index in [-0.39, 0.29) is 11.1 Å². The van der Waals surface area contributed by atoms with E-state index in [0.717, 1.165) is 0 Å². The highest BCUT2D eigenvalue weighted by Crippen LogP contribution is 2.37. The van der Waals surface area contributed by atoms with Crippen LogP contribution in [0.5, 0.6) is 0 Å². The molecule has 2 atom stereocenters. The predicted molar refractivity (Wildman–Crippen MR) is 116 cm³/mol. The number of amides is 1. The van der Waals surface area contributed by atoms with Crippen LogP contribution in [0.3, 0.4) is 0 Å². The van der Waals surface area contributed by atoms with Gasteiger partial charge in [-0.25, -0.2) is 9.18 Å². The number of halogens is 4. The SMILES string of the molecule is CC(C)(F)C[C@H](N[C@@H](c1ccc(C2=CC(C)(C)OC2=O)cc1)C(F)(F)F)C(=O)NC1(C#N)CC1. The molecule has 0 bridgehead atoms. The molecule has 2 N–H and O–H groups in total. The van der Waals surface area contributed by atoms with E-state index in [1.54, 1.807) is 19.9 Å². The van der Waals surface area contributed by atoms with Crippen LogP contribution < -0.4 is 10.6 Å². The topological polar surface area (TPSA) is 91.2 Å². The summed E-state index contributed by atoms with van der Waals surface area (Å²) in [7, 11) is 0. The maximum Gasteiger partial charge on any atom is 0.407 e. The summed E-state index contributed by atoms with van der Waals surface area (Å²) >= 11 is 0. The van der Waals surface area contributed by atoms with Crippen LogP contribution >= 0.6 is 0 Å². The number of ether oxygens (including phenoxy) is 1. The van der Waals surface area contributed by atoms with Gasteiger partial charge in [0.15, 0.2) is 0 Å². The van der Waals surface area contributed by atoms with Crippen molar-refractivity contribution in [2.45, 2.75) is 82.0 Å². The molecular formula is C24H27F4N3O3. The highest BCUT2D eigenvalue weighted by molar-refractivity contribution is 6.18. The highest BCUT2D eigenvalue weighted by atomic mass is 19.4. The zero-order chi connectivity index (χ0) is 25.5. The van der Waals surface area contributed by atoms with Gasteiger partial charge in [-0.1, -0.05) is 24.3 Å². The van der Waals surface area contributed by atoms with Gasteiger partial charge in [0.2, 0.25) is 5.91 Å². The summed E-state index contributed by atoms with van der Waals surface area (Å²) in [5.74, 6) is -1.44. The second-order valence-electron chi connectivity index (χ2n) is 9.97. The molecule has 0 aromatic heterocycles. The lowest BCUT2D eigenvalue weighted by molar-refractivity contribution is -0.161. The Morgan fingerprint density at radius 3 is 2.18 bits per heavy atom. The number of benzene rings is 1. The number of carbonyl (C=O) groups excluding carboxylic acids is 2. The molecule has 1 amide bonds. The Hall–Kier alpha value is -2.93. The number of nitriles is 1. The first-order valence-electron chi connectivity index (χ1n) is 10.9. The number of esters is 1. The fourth-order valence-corrected chi connectivity index (χ4v) is 3.79. The van der Waals surface area contributed by atoms with Crippen molar-refractivity contribution < 1.29 is 31.9 Å². The van der Waals surface area contributed by atoms with Crippen LogP contribution in [-0.4, -0.2) is 40.9 Å². The van der Waals surface area contributed by atoms with Crippen molar-refractivity contribution in [1.29, 1.82) is 5.26 Å². The molecule has 1 aliphatic carbocycles. The van der Waals surface area contributed by atoms with Crippen LogP contribution in [0.2, 0.25) is 0 Å². The van der Waals surface area contributed by atoms with Gasteiger partial charge in [-0.3, -0.25) is 10.1 Å². The van der Waals surface area contributed by atoms with Gasteiger partial charge in [0.25, 0.3) is 0 Å². The van der Waals surface area contributed by atoms with Gasteiger partial charge in [0.05, 0.1) is 17.7 Å². The van der Waals surface area contributed by atoms with Gasteiger partial charge >= 0.3 is 12.1 Å². The molecule has 0 unspecified atom stereocenters. The number of hydrogen-bond acceptors (Lipinski definition) is 5. The molecule has 1 fully saturated rings. The van der Waals surface area contributed by atoms with Crippen LogP contribution in [0.4, 0.5) is 17.6 Å². The molecule has 1 saturated carbocycles. The maximum atomic E-state index is 14.4. The largest absolute Gasteiger partial charge is 0.452 e. The fraction of sp³-hybridized carbons (Fsp3) is 0.542. The second-order valence-corrected chi connectivity index (χ2v) is 9.97. The molecule has 184 valence electrons. The van der Waals surface area contributed by atoms with Gasteiger partial charge in [-0.05, 0) is 57.7 Å². The first kappa shape index (κ1) is 25.7. The number of nitrogens with zero attached hydrogens (tertiary/aromatic N) is 1. The van der Waals surface area contributed by atoms with Crippen molar-refractivity contribution in [3.63, 3.8) is 0 Å². The average molecular weight is 481 g/mol. The molecular weight excluding hydrogens is 454 g/mol. The smallest absolute Gasteiger partial charge is 0.407 e. The number of alkyl halides is 4. The van der Waals surface area contributed by atoms with Gasteiger partial charge < -0.3 is 10.1 Å². The first-order valence-corrected chi connectivity index (χ1v) is 10.9. The first-order chi connectivity index (χ1) is 15.5. The van der Waals surface area contributed by atoms with E-state index in [1.165, 1.54) is 38.1 Å². The molecule has 1 heterocycles. The number of rotatable bonds is 8. The Balaban J connectivity index is 1.87. The molecule has 0 saturated heterocycles. The maximum absolute atomic E-state index is 14.4. The predicted octanol–water partition coefficient (Wildman–Crippen LogP) is 4.28. The quantitative estimate of drug-likeness (QED) is 0.427. The molecule has 0 spiro atoms. The molecule has 3 rings (SSSR count). The minimum atomic E-state index is -4.81. The lowest BCUT2D eigenvalue weighted by atomic mass is 9.96. The summed E-state index contributed by atoms with van der Waals surface area (Å²) in [6, 6.07) is 3.26. The number of hydrogen-bond donors (Lipinski definition) is 2. The molecule has 1 aromatic rings. The molecule has 2 aliphatic rings. The van der Waals surface area contributed by atoms with Crippen molar-refractivity contribution in [2.75, 3.05) is 0 Å². The van der Waals surface area contributed by atoms with Crippen LogP contribution in [0.15, 0.2) is 30.3 Å². The van der Waals surface area contributed by atoms with Gasteiger partial charge in [-0.2, -0.15) is 18.4 Å². The molecule has 34 heavy (non-hydrogen) atoms. The fourth-order valence-electron chi connectivity index (χ4n) is 3.79. The number of nitrogens with one attached hydrogen (secondary N) is 2. The lowest BCUT2D eigenvalue weighted by Crippen LogP contribution is -2.53. The number of cyclic esters (lactones) is 1. The van der Waals surface area contributed by atoms with Gasteiger partial charge in [-0.15, -0.1) is 0 Å². The zero-order valence-corrected chi connectivity index (χ0v) is 19.3. The monoisotopic (exact) mass is 481 g/mol. The Kier molecular flexibility index (Phi) is 6.57. The third-order valence-electron chi connectivity index (χ3n) is 5.65. The molecule has 6 nitrogen and oxygen atoms in total. The standard InChI is InChI=1S/C24H27F4N3O3/c1-21(2,25)12-17(19(32)31-23(13-29)9-10-23)30-18(24(26,27)28)15-7-5-14(6-8-15)16-11-22(3,4)34-20(16)33/h5-8,11,17-18,30H,9-10,12H2,1-4H3,(H,31,32)/t17-,18-/m0/s1. The van der Waals surface area contributed by atoms with Crippen LogP contribution in [0.1, 0.15) is 64.1 Å². The zero-order valence-electron chi connectivity index (χ0n) is 19.3. The van der Waals surface area contributed by atoms with E-state index in [2.05, 4.69) is 10.6 Å². The average Bonchev–Trinajstić information content (AvgIpc) is 3.41. The van der Waals surface area contributed by atoms with Crippen molar-refractivity contribution in [1.82, 2.24) is 10.6 Å². The van der Waals surface area contributed by atoms with Crippen LogP contribution in [0, 0.1) is 11.3 Å². The second kappa shape index (κ2) is 8.69. The van der Waals surface area contributed by atoms with Crippen molar-refractivity contribution in [2.24, 2.45) is 0 Å².